The average molecular weight is 293 g/mol. The van der Waals surface area contributed by atoms with Gasteiger partial charge in [0.15, 0.2) is 0 Å². The molecule has 21 heavy (non-hydrogen) atoms. The number of nitro benzene ring substituents is 2. The van der Waals surface area contributed by atoms with E-state index in [0.29, 0.717) is 0 Å². The Balaban J connectivity index is 2.88. The van der Waals surface area contributed by atoms with Gasteiger partial charge in [-0.15, -0.1) is 12.3 Å². The number of benzene rings is 1. The van der Waals surface area contributed by atoms with Gasteiger partial charge >= 0.3 is 5.97 Å². The number of hydrogen-bond acceptors (Lipinski definition) is 7. The Kier molecular flexibility index (Phi) is 5.33. The second-order valence-corrected chi connectivity index (χ2v) is 3.99. The number of nitrogens with zero attached hydrogens (tertiary/aromatic N) is 2. The largest absolute Gasteiger partial charge is 0.460 e. The van der Waals surface area contributed by atoms with Gasteiger partial charge < -0.3 is 10.5 Å². The van der Waals surface area contributed by atoms with Crippen LogP contribution in [0.25, 0.3) is 0 Å². The van der Waals surface area contributed by atoms with Gasteiger partial charge in [-0.25, -0.2) is 0 Å². The van der Waals surface area contributed by atoms with Crippen molar-refractivity contribution < 1.29 is 19.4 Å². The number of ether oxygens (including phenoxy) is 1. The van der Waals surface area contributed by atoms with E-state index >= 15 is 0 Å². The first kappa shape index (κ1) is 16.1. The highest BCUT2D eigenvalue weighted by Crippen LogP contribution is 2.23. The summed E-state index contributed by atoms with van der Waals surface area (Å²) < 4.78 is 4.81. The van der Waals surface area contributed by atoms with Gasteiger partial charge in [-0.2, -0.15) is 0 Å². The third-order valence-corrected chi connectivity index (χ3v) is 2.41. The van der Waals surface area contributed by atoms with E-state index in [1.807, 2.05) is 0 Å². The lowest BCUT2D eigenvalue weighted by atomic mass is 10.2. The minimum Gasteiger partial charge on any atom is -0.460 e. The van der Waals surface area contributed by atoms with Gasteiger partial charge in [0.05, 0.1) is 15.9 Å². The van der Waals surface area contributed by atoms with Crippen molar-refractivity contribution in [3.05, 3.63) is 44.0 Å². The van der Waals surface area contributed by atoms with Crippen LogP contribution in [0, 0.1) is 32.6 Å². The van der Waals surface area contributed by atoms with Crippen LogP contribution < -0.4 is 5.73 Å². The van der Waals surface area contributed by atoms with E-state index < -0.39 is 33.2 Å². The van der Waals surface area contributed by atoms with Gasteiger partial charge in [0.2, 0.25) is 0 Å². The third kappa shape index (κ3) is 4.55. The van der Waals surface area contributed by atoms with Gasteiger partial charge in [-0.05, 0) is 0 Å². The van der Waals surface area contributed by atoms with Gasteiger partial charge in [-0.3, -0.25) is 25.0 Å². The van der Waals surface area contributed by atoms with Crippen LogP contribution in [0.15, 0.2) is 18.2 Å². The predicted octanol–water partition coefficient (Wildman–Crippen LogP) is 0.897. The van der Waals surface area contributed by atoms with Crippen LogP contribution in [-0.4, -0.2) is 21.9 Å². The molecular formula is C12H11N3O6. The zero-order chi connectivity index (χ0) is 16.0. The Labute approximate surface area is 119 Å². The van der Waals surface area contributed by atoms with Crippen LogP contribution in [-0.2, 0) is 16.1 Å². The number of hydrogen-bond donors (Lipinski definition) is 1. The molecule has 0 spiro atoms. The van der Waals surface area contributed by atoms with Gasteiger partial charge in [0.1, 0.15) is 12.6 Å². The molecule has 1 rings (SSSR count). The molecule has 0 aliphatic carbocycles. The van der Waals surface area contributed by atoms with Crippen molar-refractivity contribution >= 4 is 17.3 Å². The Morgan fingerprint density at radius 2 is 1.81 bits per heavy atom. The second-order valence-electron chi connectivity index (χ2n) is 3.99. The molecule has 0 aliphatic rings. The summed E-state index contributed by atoms with van der Waals surface area (Å²) in [6, 6.07) is 1.96. The average Bonchev–Trinajstić information content (AvgIpc) is 2.44. The highest BCUT2D eigenvalue weighted by molar-refractivity contribution is 5.75. The summed E-state index contributed by atoms with van der Waals surface area (Å²) in [4.78, 5) is 31.3. The predicted molar refractivity (Wildman–Crippen MR) is 71.0 cm³/mol. The molecule has 0 aromatic heterocycles. The van der Waals surface area contributed by atoms with Crippen LogP contribution in [0.5, 0.6) is 0 Å². The van der Waals surface area contributed by atoms with Crippen LogP contribution in [0.2, 0.25) is 0 Å². The van der Waals surface area contributed by atoms with Crippen LogP contribution >= 0.6 is 0 Å². The molecule has 9 heteroatoms. The van der Waals surface area contributed by atoms with E-state index in [-0.39, 0.29) is 18.6 Å². The number of esters is 1. The number of nitrogens with two attached hydrogens (primary N) is 1. The maximum atomic E-state index is 11.4. The monoisotopic (exact) mass is 293 g/mol. The molecule has 2 N–H and O–H groups in total. The summed E-state index contributed by atoms with van der Waals surface area (Å²) in [6.07, 6.45) is 4.97. The van der Waals surface area contributed by atoms with Gasteiger partial charge in [-0.1, -0.05) is 0 Å². The SMILES string of the molecule is C#CC[C@H](N)C(=O)OCc1cc([N+](=O)[O-])cc([N+](=O)[O-])c1. The molecule has 110 valence electrons. The Hall–Kier alpha value is -2.99. The smallest absolute Gasteiger partial charge is 0.324 e. The first-order valence-corrected chi connectivity index (χ1v) is 5.63. The highest BCUT2D eigenvalue weighted by Gasteiger charge is 2.18. The number of non-ortho nitro benzene ring substituents is 2. The zero-order valence-electron chi connectivity index (χ0n) is 10.7. The maximum Gasteiger partial charge on any atom is 0.324 e. The molecule has 1 aromatic carbocycles. The Morgan fingerprint density at radius 3 is 2.24 bits per heavy atom. The second kappa shape index (κ2) is 6.97. The highest BCUT2D eigenvalue weighted by atomic mass is 16.6. The van der Waals surface area contributed by atoms with E-state index in [2.05, 4.69) is 5.92 Å². The lowest BCUT2D eigenvalue weighted by Gasteiger charge is -2.08. The fourth-order valence-electron chi connectivity index (χ4n) is 1.42. The normalized spacial score (nSPS) is 11.2. The molecule has 1 aromatic rings. The molecule has 0 bridgehead atoms. The molecule has 1 atom stereocenters. The van der Waals surface area contributed by atoms with Crippen LogP contribution in [0.1, 0.15) is 12.0 Å². The van der Waals surface area contributed by atoms with Crippen molar-refractivity contribution in [2.45, 2.75) is 19.1 Å². The molecular weight excluding hydrogens is 282 g/mol. The summed E-state index contributed by atoms with van der Waals surface area (Å²) in [6.45, 7) is -0.375. The minimum absolute atomic E-state index is 0.0199. The van der Waals surface area contributed by atoms with Crippen molar-refractivity contribution in [1.29, 1.82) is 0 Å². The quantitative estimate of drug-likeness (QED) is 0.355. The van der Waals surface area contributed by atoms with Crippen molar-refractivity contribution in [3.63, 3.8) is 0 Å². The van der Waals surface area contributed by atoms with E-state index in [0.717, 1.165) is 18.2 Å². The molecule has 0 heterocycles. The van der Waals surface area contributed by atoms with Crippen molar-refractivity contribution in [1.82, 2.24) is 0 Å². The van der Waals surface area contributed by atoms with Gasteiger partial charge in [0, 0.05) is 24.1 Å². The summed E-state index contributed by atoms with van der Waals surface area (Å²) in [5, 5.41) is 21.4. The third-order valence-electron chi connectivity index (χ3n) is 2.41. The van der Waals surface area contributed by atoms with Crippen molar-refractivity contribution in [3.8, 4) is 12.3 Å². The number of carbonyl (C=O) groups excluding carboxylic acids is 1. The fraction of sp³-hybridized carbons (Fsp3) is 0.250. The first-order chi connectivity index (χ1) is 9.85. The molecule has 0 unspecified atom stereocenters. The maximum absolute atomic E-state index is 11.4. The Bertz CT molecular complexity index is 590. The first-order valence-electron chi connectivity index (χ1n) is 5.63. The summed E-state index contributed by atoms with van der Waals surface area (Å²) in [5.41, 5.74) is 4.58. The summed E-state index contributed by atoms with van der Waals surface area (Å²) in [5.74, 6) is 1.40. The van der Waals surface area contributed by atoms with Crippen LogP contribution in [0.3, 0.4) is 0 Å². The Morgan fingerprint density at radius 1 is 1.29 bits per heavy atom. The number of terminal acetylenes is 1. The molecule has 0 saturated heterocycles. The van der Waals surface area contributed by atoms with Crippen LogP contribution in [0.4, 0.5) is 11.4 Å². The molecule has 0 radical (unpaired) electrons. The zero-order valence-corrected chi connectivity index (χ0v) is 10.7. The topological polar surface area (TPSA) is 139 Å². The summed E-state index contributed by atoms with van der Waals surface area (Å²) in [7, 11) is 0. The van der Waals surface area contributed by atoms with E-state index in [9.17, 15) is 25.0 Å². The van der Waals surface area contributed by atoms with E-state index in [1.54, 1.807) is 0 Å². The number of nitro groups is 2. The van der Waals surface area contributed by atoms with E-state index in [4.69, 9.17) is 16.9 Å². The van der Waals surface area contributed by atoms with Gasteiger partial charge in [0.25, 0.3) is 11.4 Å². The molecule has 0 amide bonds. The standard InChI is InChI=1S/C12H11N3O6/c1-2-3-11(13)12(16)21-7-8-4-9(14(17)18)6-10(5-8)15(19)20/h1,4-6,11H,3,7,13H2/t11-/m0/s1. The van der Waals surface area contributed by atoms with E-state index in [1.165, 1.54) is 0 Å². The number of carbonyl (C=O) groups is 1. The van der Waals surface area contributed by atoms with Crippen molar-refractivity contribution in [2.24, 2.45) is 5.73 Å². The summed E-state index contributed by atoms with van der Waals surface area (Å²) >= 11 is 0. The lowest BCUT2D eigenvalue weighted by molar-refractivity contribution is -0.394. The molecule has 0 aliphatic heterocycles. The number of rotatable bonds is 6. The van der Waals surface area contributed by atoms with Crippen molar-refractivity contribution in [2.75, 3.05) is 0 Å². The molecule has 0 fully saturated rings. The minimum atomic E-state index is -1.01. The lowest BCUT2D eigenvalue weighted by Crippen LogP contribution is -2.31. The molecule has 0 saturated carbocycles. The fourth-order valence-corrected chi connectivity index (χ4v) is 1.42. The molecule has 9 nitrogen and oxygen atoms in total.